The van der Waals surface area contributed by atoms with Gasteiger partial charge in [0.15, 0.2) is 9.84 Å². The van der Waals surface area contributed by atoms with E-state index < -0.39 is 15.7 Å². The molecule has 2 aromatic carbocycles. The highest BCUT2D eigenvalue weighted by atomic mass is 32.2. The lowest BCUT2D eigenvalue weighted by Crippen LogP contribution is -2.28. The minimum Gasteiger partial charge on any atom is -0.492 e. The number of carbonyl (C=O) groups is 1. The Morgan fingerprint density at radius 2 is 1.73 bits per heavy atom. The Hall–Kier alpha value is -3.46. The number of rotatable bonds is 8. The summed E-state index contributed by atoms with van der Waals surface area (Å²) in [5.41, 5.74) is 0.124. The van der Waals surface area contributed by atoms with Crippen LogP contribution in [0, 0.1) is 0 Å². The zero-order chi connectivity index (χ0) is 21.6. The summed E-state index contributed by atoms with van der Waals surface area (Å²) in [7, 11) is -3.31. The molecular weight excluding hydrogens is 406 g/mol. The number of amides is 1. The summed E-state index contributed by atoms with van der Waals surface area (Å²) in [5, 5.41) is 6.73. The molecule has 0 unspecified atom stereocenters. The molecule has 0 atom stereocenters. The number of ether oxygens (including phenoxy) is 1. The molecule has 0 aliphatic heterocycles. The van der Waals surface area contributed by atoms with Crippen molar-refractivity contribution >= 4 is 21.4 Å². The number of hydrogen-bond acceptors (Lipinski definition) is 6. The van der Waals surface area contributed by atoms with Crippen LogP contribution in [0.3, 0.4) is 0 Å². The van der Waals surface area contributed by atoms with E-state index in [4.69, 9.17) is 4.74 Å². The van der Waals surface area contributed by atoms with Crippen molar-refractivity contribution in [1.29, 1.82) is 0 Å². The Morgan fingerprint density at radius 1 is 1.03 bits per heavy atom. The fourth-order valence-corrected chi connectivity index (χ4v) is 3.49. The Labute approximate surface area is 174 Å². The molecule has 0 radical (unpaired) electrons. The lowest BCUT2D eigenvalue weighted by Gasteiger charge is -2.09. The molecule has 0 saturated carbocycles. The van der Waals surface area contributed by atoms with E-state index in [1.165, 1.54) is 36.4 Å². The van der Waals surface area contributed by atoms with Gasteiger partial charge in [0.2, 0.25) is 0 Å². The average molecular weight is 427 g/mol. The SMILES string of the molecule is CCS(=O)(=O)c1ccc(NC(=O)c2ccc(=O)n(CCOc3ccccc3)n2)cc1. The molecule has 0 saturated heterocycles. The second-order valence-electron chi connectivity index (χ2n) is 6.32. The highest BCUT2D eigenvalue weighted by molar-refractivity contribution is 7.91. The van der Waals surface area contributed by atoms with Gasteiger partial charge in [-0.3, -0.25) is 9.59 Å². The van der Waals surface area contributed by atoms with E-state index in [0.29, 0.717) is 11.4 Å². The summed E-state index contributed by atoms with van der Waals surface area (Å²) in [6.07, 6.45) is 0. The van der Waals surface area contributed by atoms with E-state index in [-0.39, 0.29) is 35.1 Å². The Kier molecular flexibility index (Phi) is 6.63. The first-order valence-corrected chi connectivity index (χ1v) is 10.9. The van der Waals surface area contributed by atoms with Gasteiger partial charge in [-0.1, -0.05) is 25.1 Å². The summed E-state index contributed by atoms with van der Waals surface area (Å²) >= 11 is 0. The second-order valence-corrected chi connectivity index (χ2v) is 8.60. The molecule has 0 bridgehead atoms. The quantitative estimate of drug-likeness (QED) is 0.591. The third-order valence-corrected chi connectivity index (χ3v) is 6.02. The minimum atomic E-state index is -3.31. The van der Waals surface area contributed by atoms with E-state index in [2.05, 4.69) is 10.4 Å². The molecule has 156 valence electrons. The molecule has 0 aliphatic rings. The Balaban J connectivity index is 1.66. The van der Waals surface area contributed by atoms with Crippen LogP contribution >= 0.6 is 0 Å². The van der Waals surface area contributed by atoms with Crippen molar-refractivity contribution in [2.45, 2.75) is 18.4 Å². The maximum Gasteiger partial charge on any atom is 0.276 e. The molecule has 30 heavy (non-hydrogen) atoms. The molecule has 0 spiro atoms. The average Bonchev–Trinajstić information content (AvgIpc) is 2.76. The highest BCUT2D eigenvalue weighted by Gasteiger charge is 2.13. The number of sulfone groups is 1. The molecule has 0 aliphatic carbocycles. The summed E-state index contributed by atoms with van der Waals surface area (Å²) in [5.74, 6) is 0.157. The van der Waals surface area contributed by atoms with E-state index in [0.717, 1.165) is 4.68 Å². The van der Waals surface area contributed by atoms with Crippen molar-refractivity contribution in [3.05, 3.63) is 82.8 Å². The minimum absolute atomic E-state index is 0.00183. The number of hydrogen-bond donors (Lipinski definition) is 1. The largest absolute Gasteiger partial charge is 0.492 e. The van der Waals surface area contributed by atoms with Gasteiger partial charge in [0.05, 0.1) is 17.2 Å². The number of anilines is 1. The molecule has 0 fully saturated rings. The van der Waals surface area contributed by atoms with Crippen LogP contribution in [0.5, 0.6) is 5.75 Å². The first kappa shape index (κ1) is 21.3. The van der Waals surface area contributed by atoms with Crippen molar-refractivity contribution in [3.8, 4) is 5.75 Å². The molecule has 1 N–H and O–H groups in total. The molecule has 3 rings (SSSR count). The van der Waals surface area contributed by atoms with Gasteiger partial charge in [-0.2, -0.15) is 5.10 Å². The predicted octanol–water partition coefficient (Wildman–Crippen LogP) is 2.37. The number of aromatic nitrogens is 2. The first-order valence-electron chi connectivity index (χ1n) is 9.29. The lowest BCUT2D eigenvalue weighted by atomic mass is 10.3. The number of nitrogens with one attached hydrogen (secondary N) is 1. The predicted molar refractivity (Wildman–Crippen MR) is 113 cm³/mol. The van der Waals surface area contributed by atoms with Crippen LogP contribution < -0.4 is 15.6 Å². The van der Waals surface area contributed by atoms with Gasteiger partial charge in [-0.15, -0.1) is 0 Å². The summed E-state index contributed by atoms with van der Waals surface area (Å²) in [4.78, 5) is 24.7. The topological polar surface area (TPSA) is 107 Å². The Bertz CT molecular complexity index is 1170. The van der Waals surface area contributed by atoms with E-state index >= 15 is 0 Å². The van der Waals surface area contributed by atoms with Crippen LogP contribution in [0.2, 0.25) is 0 Å². The fraction of sp³-hybridized carbons (Fsp3) is 0.190. The van der Waals surface area contributed by atoms with Gasteiger partial charge >= 0.3 is 0 Å². The monoisotopic (exact) mass is 427 g/mol. The van der Waals surface area contributed by atoms with Gasteiger partial charge in [0.1, 0.15) is 18.1 Å². The molecule has 1 heterocycles. The van der Waals surface area contributed by atoms with Crippen LogP contribution in [0.25, 0.3) is 0 Å². The second kappa shape index (κ2) is 9.36. The summed E-state index contributed by atoms with van der Waals surface area (Å²) < 4.78 is 30.4. The van der Waals surface area contributed by atoms with Gasteiger partial charge in [-0.25, -0.2) is 13.1 Å². The van der Waals surface area contributed by atoms with Crippen LogP contribution in [-0.4, -0.2) is 36.5 Å². The van der Waals surface area contributed by atoms with E-state index in [9.17, 15) is 18.0 Å². The van der Waals surface area contributed by atoms with E-state index in [1.54, 1.807) is 19.1 Å². The third kappa shape index (κ3) is 5.32. The van der Waals surface area contributed by atoms with Crippen LogP contribution in [0.4, 0.5) is 5.69 Å². The molecular formula is C21H21N3O5S. The number of para-hydroxylation sites is 1. The molecule has 1 aromatic heterocycles. The summed E-state index contributed by atoms with van der Waals surface area (Å²) in [6.45, 7) is 1.96. The van der Waals surface area contributed by atoms with E-state index in [1.807, 2.05) is 18.2 Å². The van der Waals surface area contributed by atoms with Gasteiger partial charge in [-0.05, 0) is 42.5 Å². The normalized spacial score (nSPS) is 11.1. The first-order chi connectivity index (χ1) is 14.4. The number of nitrogens with zero attached hydrogens (tertiary/aromatic N) is 2. The van der Waals surface area contributed by atoms with Crippen LogP contribution in [0.15, 0.2) is 76.4 Å². The van der Waals surface area contributed by atoms with Crippen LogP contribution in [0.1, 0.15) is 17.4 Å². The van der Waals surface area contributed by atoms with Crippen molar-refractivity contribution in [3.63, 3.8) is 0 Å². The fourth-order valence-electron chi connectivity index (χ4n) is 2.60. The van der Waals surface area contributed by atoms with Gasteiger partial charge < -0.3 is 10.1 Å². The van der Waals surface area contributed by atoms with Gasteiger partial charge in [0, 0.05) is 11.8 Å². The van der Waals surface area contributed by atoms with Crippen molar-refractivity contribution < 1.29 is 17.9 Å². The Morgan fingerprint density at radius 3 is 2.40 bits per heavy atom. The molecule has 1 amide bonds. The number of carbonyl (C=O) groups excluding carboxylic acids is 1. The maximum absolute atomic E-state index is 12.5. The van der Waals surface area contributed by atoms with Crippen molar-refractivity contribution in [2.75, 3.05) is 17.7 Å². The number of benzene rings is 2. The lowest BCUT2D eigenvalue weighted by molar-refractivity contribution is 0.101. The highest BCUT2D eigenvalue weighted by Crippen LogP contribution is 2.16. The molecule has 3 aromatic rings. The third-order valence-electron chi connectivity index (χ3n) is 4.27. The van der Waals surface area contributed by atoms with Crippen molar-refractivity contribution in [2.24, 2.45) is 0 Å². The molecule has 8 nitrogen and oxygen atoms in total. The smallest absolute Gasteiger partial charge is 0.276 e. The zero-order valence-electron chi connectivity index (χ0n) is 16.3. The van der Waals surface area contributed by atoms with Crippen LogP contribution in [-0.2, 0) is 16.4 Å². The molecule has 9 heteroatoms. The summed E-state index contributed by atoms with van der Waals surface area (Å²) in [6, 6.07) is 17.6. The zero-order valence-corrected chi connectivity index (χ0v) is 17.1. The van der Waals surface area contributed by atoms with Gasteiger partial charge in [0.25, 0.3) is 11.5 Å². The maximum atomic E-state index is 12.5. The standard InChI is InChI=1S/C21H21N3O5S/c1-2-30(27,28)18-10-8-16(9-11-18)22-21(26)19-12-13-20(25)24(23-19)14-15-29-17-6-4-3-5-7-17/h3-13H,2,14-15H2,1H3,(H,22,26). The van der Waals surface area contributed by atoms with Crippen molar-refractivity contribution in [1.82, 2.24) is 9.78 Å².